The zero-order valence-electron chi connectivity index (χ0n) is 4.75. The van der Waals surface area contributed by atoms with Gasteiger partial charge in [-0.2, -0.15) is 0 Å². The molecule has 68 valence electrons. The zero-order chi connectivity index (χ0) is 7.65. The van der Waals surface area contributed by atoms with Crippen molar-refractivity contribution in [3.05, 3.63) is 0 Å². The van der Waals surface area contributed by atoms with Crippen molar-refractivity contribution >= 4 is 45.3 Å². The normalized spacial score (nSPS) is 8.73. The maximum atomic E-state index is 9.83. The SMILES string of the molecule is Cl.Cl.O=C(O)S(=O)(=O)C(=O)O. The zero-order valence-corrected chi connectivity index (χ0v) is 7.20. The highest BCUT2D eigenvalue weighted by Crippen LogP contribution is 1.91. The van der Waals surface area contributed by atoms with Crippen molar-refractivity contribution in [3.8, 4) is 0 Å². The van der Waals surface area contributed by atoms with Crippen LogP contribution in [0.15, 0.2) is 0 Å². The van der Waals surface area contributed by atoms with E-state index < -0.39 is 20.4 Å². The molecule has 0 aromatic carbocycles. The molecule has 2 N–H and O–H groups in total. The van der Waals surface area contributed by atoms with Gasteiger partial charge < -0.3 is 10.2 Å². The molecule has 0 amide bonds. The Morgan fingerprint density at radius 1 is 0.909 bits per heavy atom. The van der Waals surface area contributed by atoms with Gasteiger partial charge in [-0.1, -0.05) is 0 Å². The minimum absolute atomic E-state index is 0. The average Bonchev–Trinajstić information content (AvgIpc) is 1.65. The minimum Gasteiger partial charge on any atom is -0.469 e. The summed E-state index contributed by atoms with van der Waals surface area (Å²) in [7, 11) is -4.98. The lowest BCUT2D eigenvalue weighted by Gasteiger charge is -1.85. The fourth-order valence-electron chi connectivity index (χ4n) is 0.0747. The molecule has 0 aliphatic heterocycles. The summed E-state index contributed by atoms with van der Waals surface area (Å²) in [6.45, 7) is 0. The summed E-state index contributed by atoms with van der Waals surface area (Å²) < 4.78 is 19.7. The number of rotatable bonds is 0. The van der Waals surface area contributed by atoms with Crippen LogP contribution in [0.3, 0.4) is 0 Å². The van der Waals surface area contributed by atoms with E-state index >= 15 is 0 Å². The smallest absolute Gasteiger partial charge is 0.433 e. The number of carbonyl (C=O) groups is 2. The first-order chi connectivity index (χ1) is 3.89. The maximum Gasteiger partial charge on any atom is 0.433 e. The predicted molar refractivity (Wildman–Crippen MR) is 39.5 cm³/mol. The van der Waals surface area contributed by atoms with Gasteiger partial charge in [-0.15, -0.1) is 24.8 Å². The van der Waals surface area contributed by atoms with Crippen molar-refractivity contribution < 1.29 is 28.2 Å². The van der Waals surface area contributed by atoms with Crippen LogP contribution in [0.4, 0.5) is 9.59 Å². The number of carboxylic acid groups (broad SMARTS) is 2. The van der Waals surface area contributed by atoms with Crippen LogP contribution in [0.2, 0.25) is 0 Å². The Morgan fingerprint density at radius 3 is 1.09 bits per heavy atom. The topological polar surface area (TPSA) is 109 Å². The lowest BCUT2D eigenvalue weighted by molar-refractivity contribution is 0.212. The van der Waals surface area contributed by atoms with Crippen LogP contribution >= 0.6 is 24.8 Å². The second-order valence-electron chi connectivity index (χ2n) is 1.04. The molecule has 0 aromatic heterocycles. The molecule has 0 fully saturated rings. The molecule has 0 radical (unpaired) electrons. The van der Waals surface area contributed by atoms with E-state index in [-0.39, 0.29) is 24.8 Å². The molecule has 11 heavy (non-hydrogen) atoms. The first kappa shape index (κ1) is 16.8. The second kappa shape index (κ2) is 5.16. The Balaban J connectivity index is -0.000000320. The molecule has 0 unspecified atom stereocenters. The van der Waals surface area contributed by atoms with Gasteiger partial charge in [0.25, 0.3) is 0 Å². The highest BCUT2D eigenvalue weighted by Gasteiger charge is 2.30. The van der Waals surface area contributed by atoms with E-state index in [0.717, 1.165) is 0 Å². The Kier molecular flexibility index (Phi) is 7.90. The van der Waals surface area contributed by atoms with E-state index in [2.05, 4.69) is 0 Å². The summed E-state index contributed by atoms with van der Waals surface area (Å²) in [6, 6.07) is 0. The quantitative estimate of drug-likeness (QED) is 0.627. The molecular formula is C2H4Cl2O6S. The summed E-state index contributed by atoms with van der Waals surface area (Å²) in [5.74, 6) is 0. The van der Waals surface area contributed by atoms with Crippen molar-refractivity contribution in [2.75, 3.05) is 0 Å². The molecule has 6 nitrogen and oxygen atoms in total. The maximum absolute atomic E-state index is 9.83. The number of sulfone groups is 1. The molecule has 0 aliphatic rings. The van der Waals surface area contributed by atoms with Crippen LogP contribution in [0.5, 0.6) is 0 Å². The molecule has 0 saturated heterocycles. The summed E-state index contributed by atoms with van der Waals surface area (Å²) in [6.07, 6.45) is 0. The largest absolute Gasteiger partial charge is 0.469 e. The molecule has 0 spiro atoms. The van der Waals surface area contributed by atoms with E-state index in [1.807, 2.05) is 0 Å². The third-order valence-electron chi connectivity index (χ3n) is 0.460. The Labute approximate surface area is 73.9 Å². The third-order valence-corrected chi connectivity index (χ3v) is 1.38. The summed E-state index contributed by atoms with van der Waals surface area (Å²) in [5.41, 5.74) is 0. The lowest BCUT2D eigenvalue weighted by atomic mass is 11.6. The van der Waals surface area contributed by atoms with Gasteiger partial charge in [0, 0.05) is 0 Å². The van der Waals surface area contributed by atoms with Gasteiger partial charge in [-0.05, 0) is 0 Å². The Bertz CT molecular complexity index is 221. The fraction of sp³-hybridized carbons (Fsp3) is 0. The van der Waals surface area contributed by atoms with Crippen molar-refractivity contribution in [1.29, 1.82) is 0 Å². The van der Waals surface area contributed by atoms with Crippen molar-refractivity contribution in [2.45, 2.75) is 0 Å². The van der Waals surface area contributed by atoms with E-state index in [4.69, 9.17) is 10.2 Å². The summed E-state index contributed by atoms with van der Waals surface area (Å²) in [4.78, 5) is 19.0. The highest BCUT2D eigenvalue weighted by atomic mass is 35.5. The highest BCUT2D eigenvalue weighted by molar-refractivity contribution is 8.18. The van der Waals surface area contributed by atoms with Crippen molar-refractivity contribution in [3.63, 3.8) is 0 Å². The predicted octanol–water partition coefficient (Wildman–Crippen LogP) is 0.601. The molecule has 0 heterocycles. The van der Waals surface area contributed by atoms with Crippen LogP contribution in [0, 0.1) is 0 Å². The van der Waals surface area contributed by atoms with Crippen LogP contribution < -0.4 is 0 Å². The molecule has 9 heteroatoms. The van der Waals surface area contributed by atoms with Gasteiger partial charge in [0.1, 0.15) is 0 Å². The van der Waals surface area contributed by atoms with Crippen molar-refractivity contribution in [2.24, 2.45) is 0 Å². The van der Waals surface area contributed by atoms with Crippen LogP contribution in [-0.4, -0.2) is 29.2 Å². The van der Waals surface area contributed by atoms with Crippen molar-refractivity contribution in [1.82, 2.24) is 0 Å². The third kappa shape index (κ3) is 4.02. The fourth-order valence-corrected chi connectivity index (χ4v) is 0.224. The van der Waals surface area contributed by atoms with Crippen LogP contribution in [-0.2, 0) is 9.84 Å². The molecule has 0 bridgehead atoms. The molecule has 0 atom stereocenters. The van der Waals surface area contributed by atoms with Gasteiger partial charge in [0.2, 0.25) is 0 Å². The summed E-state index contributed by atoms with van der Waals surface area (Å²) >= 11 is 0. The van der Waals surface area contributed by atoms with Crippen LogP contribution in [0.25, 0.3) is 0 Å². The molecular weight excluding hydrogens is 223 g/mol. The lowest BCUT2D eigenvalue weighted by Crippen LogP contribution is -2.20. The van der Waals surface area contributed by atoms with E-state index in [1.54, 1.807) is 0 Å². The molecule has 0 rings (SSSR count). The van der Waals surface area contributed by atoms with E-state index in [9.17, 15) is 18.0 Å². The monoisotopic (exact) mass is 226 g/mol. The summed E-state index contributed by atoms with van der Waals surface area (Å²) in [5, 5.41) is 10.6. The van der Waals surface area contributed by atoms with E-state index in [1.165, 1.54) is 0 Å². The number of halogens is 2. The Hall–Kier alpha value is -0.530. The first-order valence-electron chi connectivity index (χ1n) is 1.60. The second-order valence-corrected chi connectivity index (χ2v) is 2.74. The molecule has 0 saturated carbocycles. The van der Waals surface area contributed by atoms with Crippen LogP contribution in [0.1, 0.15) is 0 Å². The standard InChI is InChI=1S/C2H2O6S.2ClH/c3-1(4)9(7,8)2(5)6;;/h(H,3,4)(H,5,6);2*1H. The van der Waals surface area contributed by atoms with E-state index in [0.29, 0.717) is 0 Å². The van der Waals surface area contributed by atoms with Gasteiger partial charge in [0.15, 0.2) is 0 Å². The van der Waals surface area contributed by atoms with Gasteiger partial charge in [-0.3, -0.25) is 0 Å². The molecule has 0 aliphatic carbocycles. The van der Waals surface area contributed by atoms with Gasteiger partial charge in [0.05, 0.1) is 0 Å². The van der Waals surface area contributed by atoms with Gasteiger partial charge in [-0.25, -0.2) is 18.0 Å². The minimum atomic E-state index is -4.98. The first-order valence-corrected chi connectivity index (χ1v) is 3.08. The molecule has 0 aromatic rings. The number of hydrogen-bond acceptors (Lipinski definition) is 4. The van der Waals surface area contributed by atoms with Gasteiger partial charge >= 0.3 is 20.4 Å². The average molecular weight is 227 g/mol. The Morgan fingerprint density at radius 2 is 1.09 bits per heavy atom. The number of hydrogen-bond donors (Lipinski definition) is 2.